The van der Waals surface area contributed by atoms with Crippen molar-refractivity contribution in [1.29, 1.82) is 0 Å². The Bertz CT molecular complexity index is 527. The monoisotopic (exact) mass is 320 g/mol. The largest absolute Gasteiger partial charge is 0.496 e. The molecule has 1 saturated heterocycles. The van der Waals surface area contributed by atoms with Crippen LogP contribution in [-0.2, 0) is 9.31 Å². The van der Waals surface area contributed by atoms with Crippen molar-refractivity contribution < 1.29 is 14.1 Å². The summed E-state index contributed by atoms with van der Waals surface area (Å²) in [5.41, 5.74) is 0.718. The van der Waals surface area contributed by atoms with Gasteiger partial charge in [-0.25, -0.2) is 0 Å². The van der Waals surface area contributed by atoms with Crippen molar-refractivity contribution in [3.8, 4) is 0 Å². The third-order valence-electron chi connectivity index (χ3n) is 4.47. The van der Waals surface area contributed by atoms with Gasteiger partial charge in [-0.3, -0.25) is 4.79 Å². The van der Waals surface area contributed by atoms with Gasteiger partial charge in [0.15, 0.2) is 0 Å². The van der Waals surface area contributed by atoms with Crippen LogP contribution in [0.1, 0.15) is 57.8 Å². The van der Waals surface area contributed by atoms with Gasteiger partial charge in [-0.05, 0) is 45.9 Å². The molecule has 1 aromatic carbocycles. The molecule has 0 unspecified atom stereocenters. The lowest BCUT2D eigenvalue weighted by Gasteiger charge is -2.32. The van der Waals surface area contributed by atoms with Gasteiger partial charge in [0, 0.05) is 15.9 Å². The van der Waals surface area contributed by atoms with Crippen molar-refractivity contribution in [3.05, 3.63) is 23.8 Å². The molecule has 1 aromatic rings. The molecule has 3 nitrogen and oxygen atoms in total. The Labute approximate surface area is 138 Å². The predicted octanol–water partition coefficient (Wildman–Crippen LogP) is 3.69. The summed E-state index contributed by atoms with van der Waals surface area (Å²) >= 11 is 1.77. The Morgan fingerprint density at radius 3 is 2.36 bits per heavy atom. The predicted molar refractivity (Wildman–Crippen MR) is 93.2 cm³/mol. The molecule has 2 rings (SSSR count). The molecule has 1 fully saturated rings. The van der Waals surface area contributed by atoms with E-state index in [2.05, 4.69) is 6.92 Å². The molecular formula is C17H25BO3S. The summed E-state index contributed by atoms with van der Waals surface area (Å²) in [4.78, 5) is 12.5. The number of aldehydes is 1. The molecule has 0 saturated carbocycles. The zero-order chi connectivity index (χ0) is 16.4. The minimum atomic E-state index is -0.490. The molecule has 22 heavy (non-hydrogen) atoms. The van der Waals surface area contributed by atoms with Crippen molar-refractivity contribution in [2.24, 2.45) is 0 Å². The number of carbonyl (C=O) groups excluding carboxylic acids is 1. The van der Waals surface area contributed by atoms with Gasteiger partial charge in [0.1, 0.15) is 6.29 Å². The maximum Gasteiger partial charge on any atom is 0.496 e. The van der Waals surface area contributed by atoms with E-state index < -0.39 is 18.3 Å². The number of hydrogen-bond donors (Lipinski definition) is 0. The lowest BCUT2D eigenvalue weighted by Crippen LogP contribution is -2.41. The Morgan fingerprint density at radius 1 is 1.18 bits per heavy atom. The smallest absolute Gasteiger partial charge is 0.399 e. The number of rotatable bonds is 6. The molecule has 0 N–H and O–H groups in total. The summed E-state index contributed by atoms with van der Waals surface area (Å²) < 4.78 is 12.3. The van der Waals surface area contributed by atoms with Crippen LogP contribution >= 0.6 is 11.8 Å². The Hall–Kier alpha value is -0.775. The van der Waals surface area contributed by atoms with Crippen LogP contribution in [0.25, 0.3) is 0 Å². The topological polar surface area (TPSA) is 35.5 Å². The Kier molecular flexibility index (Phi) is 5.41. The van der Waals surface area contributed by atoms with Crippen molar-refractivity contribution in [3.63, 3.8) is 0 Å². The molecule has 0 bridgehead atoms. The van der Waals surface area contributed by atoms with E-state index in [-0.39, 0.29) is 0 Å². The first-order valence-electron chi connectivity index (χ1n) is 7.89. The van der Waals surface area contributed by atoms with Crippen LogP contribution in [0.15, 0.2) is 23.1 Å². The van der Waals surface area contributed by atoms with Gasteiger partial charge < -0.3 is 9.31 Å². The fourth-order valence-corrected chi connectivity index (χ4v) is 3.53. The Balaban J connectivity index is 2.35. The van der Waals surface area contributed by atoms with Gasteiger partial charge in [0.05, 0.1) is 11.2 Å². The van der Waals surface area contributed by atoms with Crippen molar-refractivity contribution >= 4 is 30.6 Å². The lowest BCUT2D eigenvalue weighted by atomic mass is 9.76. The molecular weight excluding hydrogens is 295 g/mol. The number of benzene rings is 1. The van der Waals surface area contributed by atoms with Crippen LogP contribution < -0.4 is 5.46 Å². The molecule has 1 aliphatic rings. The second-order valence-corrected chi connectivity index (χ2v) is 7.80. The van der Waals surface area contributed by atoms with Gasteiger partial charge in [0.2, 0.25) is 0 Å². The van der Waals surface area contributed by atoms with Gasteiger partial charge in [-0.2, -0.15) is 0 Å². The summed E-state index contributed by atoms with van der Waals surface area (Å²) in [7, 11) is -0.490. The highest BCUT2D eigenvalue weighted by atomic mass is 32.2. The van der Waals surface area contributed by atoms with E-state index in [1.165, 1.54) is 0 Å². The summed E-state index contributed by atoms with van der Waals surface area (Å²) in [6.45, 7) is 10.3. The van der Waals surface area contributed by atoms with E-state index >= 15 is 0 Å². The SMILES string of the molecule is CCCCSc1cccc(C=O)c1B1OC(C)(C)C(C)(C)O1. The number of hydrogen-bond acceptors (Lipinski definition) is 4. The molecule has 1 aliphatic heterocycles. The van der Waals surface area contributed by atoms with E-state index in [4.69, 9.17) is 9.31 Å². The van der Waals surface area contributed by atoms with Crippen molar-refractivity contribution in [2.75, 3.05) is 5.75 Å². The summed E-state index contributed by atoms with van der Waals surface area (Å²) in [5, 5.41) is 0. The highest BCUT2D eigenvalue weighted by Gasteiger charge is 2.52. The first-order chi connectivity index (χ1) is 10.3. The highest BCUT2D eigenvalue weighted by Crippen LogP contribution is 2.37. The second-order valence-electron chi connectivity index (χ2n) is 6.67. The average Bonchev–Trinajstić information content (AvgIpc) is 2.67. The van der Waals surface area contributed by atoms with E-state index in [1.807, 2.05) is 45.9 Å². The second kappa shape index (κ2) is 6.77. The van der Waals surface area contributed by atoms with Crippen LogP contribution in [0.3, 0.4) is 0 Å². The molecule has 0 spiro atoms. The zero-order valence-electron chi connectivity index (χ0n) is 14.1. The number of unbranched alkanes of at least 4 members (excludes halogenated alkanes) is 1. The number of thioether (sulfide) groups is 1. The van der Waals surface area contributed by atoms with Gasteiger partial charge in [-0.15, -0.1) is 11.8 Å². The average molecular weight is 320 g/mol. The van der Waals surface area contributed by atoms with Crippen LogP contribution in [0.4, 0.5) is 0 Å². The van der Waals surface area contributed by atoms with E-state index in [1.54, 1.807) is 11.8 Å². The van der Waals surface area contributed by atoms with E-state index in [9.17, 15) is 4.79 Å². The fraction of sp³-hybridized carbons (Fsp3) is 0.588. The zero-order valence-corrected chi connectivity index (χ0v) is 15.0. The standard InChI is InChI=1S/C17H25BO3S/c1-6-7-11-22-14-10-8-9-13(12-19)15(14)18-20-16(2,3)17(4,5)21-18/h8-10,12H,6-7,11H2,1-5H3. The van der Waals surface area contributed by atoms with Crippen molar-refractivity contribution in [1.82, 2.24) is 0 Å². The first kappa shape index (κ1) is 17.6. The lowest BCUT2D eigenvalue weighted by molar-refractivity contribution is 0.00578. The normalized spacial score (nSPS) is 19.4. The third kappa shape index (κ3) is 3.42. The maximum atomic E-state index is 11.5. The fourth-order valence-electron chi connectivity index (χ4n) is 2.33. The first-order valence-corrected chi connectivity index (χ1v) is 8.87. The molecule has 0 atom stereocenters. The highest BCUT2D eigenvalue weighted by molar-refractivity contribution is 7.99. The van der Waals surface area contributed by atoms with Crippen LogP contribution in [-0.4, -0.2) is 30.4 Å². The summed E-state index contributed by atoms with van der Waals surface area (Å²) in [6.07, 6.45) is 3.20. The van der Waals surface area contributed by atoms with Gasteiger partial charge in [-0.1, -0.05) is 25.5 Å². The molecule has 5 heteroatoms. The minimum absolute atomic E-state index is 0.404. The summed E-state index contributed by atoms with van der Waals surface area (Å²) in [6, 6.07) is 5.80. The van der Waals surface area contributed by atoms with Crippen molar-refractivity contribution in [2.45, 2.75) is 63.6 Å². The minimum Gasteiger partial charge on any atom is -0.399 e. The molecule has 1 heterocycles. The van der Waals surface area contributed by atoms with E-state index in [0.29, 0.717) is 5.56 Å². The van der Waals surface area contributed by atoms with Crippen LogP contribution in [0.5, 0.6) is 0 Å². The van der Waals surface area contributed by atoms with Gasteiger partial charge in [0.25, 0.3) is 0 Å². The van der Waals surface area contributed by atoms with Crippen LogP contribution in [0.2, 0.25) is 0 Å². The summed E-state index contributed by atoms with van der Waals surface area (Å²) in [5.74, 6) is 1.03. The Morgan fingerprint density at radius 2 is 1.82 bits per heavy atom. The number of carbonyl (C=O) groups is 1. The quantitative estimate of drug-likeness (QED) is 0.347. The molecule has 0 amide bonds. The molecule has 0 aliphatic carbocycles. The third-order valence-corrected chi connectivity index (χ3v) is 5.63. The van der Waals surface area contributed by atoms with Gasteiger partial charge >= 0.3 is 7.12 Å². The molecule has 0 aromatic heterocycles. The molecule has 0 radical (unpaired) electrons. The van der Waals surface area contributed by atoms with Crippen LogP contribution in [0, 0.1) is 0 Å². The molecule has 120 valence electrons. The maximum absolute atomic E-state index is 11.5. The van der Waals surface area contributed by atoms with E-state index in [0.717, 1.165) is 35.2 Å².